The first-order chi connectivity index (χ1) is 9.52. The molecular weight excluding hydrogens is 278 g/mol. The minimum Gasteiger partial charge on any atom is -0.380 e. The van der Waals surface area contributed by atoms with E-state index in [1.54, 1.807) is 7.11 Å². The number of hydrogen-bond donors (Lipinski definition) is 2. The lowest BCUT2D eigenvalue weighted by atomic mass is 10.2. The summed E-state index contributed by atoms with van der Waals surface area (Å²) in [6.45, 7) is 4.24. The fourth-order valence-electron chi connectivity index (χ4n) is 1.66. The van der Waals surface area contributed by atoms with E-state index in [4.69, 9.17) is 15.0 Å². The highest BCUT2D eigenvalue weighted by molar-refractivity contribution is 7.15. The number of nitrogen functional groups attached to an aromatic ring is 1. The predicted molar refractivity (Wildman–Crippen MR) is 77.8 cm³/mol. The Labute approximate surface area is 120 Å². The van der Waals surface area contributed by atoms with Gasteiger partial charge in [-0.05, 0) is 26.0 Å². The van der Waals surface area contributed by atoms with E-state index in [0.29, 0.717) is 12.2 Å². The molecule has 0 aromatic carbocycles. The van der Waals surface area contributed by atoms with E-state index in [-0.39, 0.29) is 23.5 Å². The van der Waals surface area contributed by atoms with Crippen LogP contribution in [0.1, 0.15) is 22.2 Å². The first-order valence-electron chi connectivity index (χ1n) is 6.16. The van der Waals surface area contributed by atoms with Gasteiger partial charge in [-0.2, -0.15) is 0 Å². The zero-order chi connectivity index (χ0) is 14.7. The Kier molecular flexibility index (Phi) is 4.41. The van der Waals surface area contributed by atoms with Crippen LogP contribution < -0.4 is 11.1 Å². The topological polar surface area (TPSA) is 90.4 Å². The number of hydrogen-bond acceptors (Lipinski definition) is 6. The van der Waals surface area contributed by atoms with E-state index in [9.17, 15) is 4.79 Å². The van der Waals surface area contributed by atoms with Crippen molar-refractivity contribution in [2.75, 3.05) is 19.4 Å². The number of nitrogens with zero attached hydrogens (tertiary/aromatic N) is 1. The molecule has 1 amide bonds. The molecule has 2 aromatic rings. The monoisotopic (exact) mass is 295 g/mol. The van der Waals surface area contributed by atoms with Gasteiger partial charge in [0.1, 0.15) is 11.3 Å². The number of ether oxygens (including phenoxy) is 1. The van der Waals surface area contributed by atoms with Gasteiger partial charge >= 0.3 is 0 Å². The maximum atomic E-state index is 12.2. The second-order valence-corrected chi connectivity index (χ2v) is 5.72. The third-order valence-corrected chi connectivity index (χ3v) is 3.88. The molecule has 0 radical (unpaired) electrons. The first-order valence-corrected chi connectivity index (χ1v) is 6.97. The Balaban J connectivity index is 2.23. The van der Waals surface area contributed by atoms with Crippen molar-refractivity contribution in [3.63, 3.8) is 0 Å². The van der Waals surface area contributed by atoms with Gasteiger partial charge in [0.25, 0.3) is 5.91 Å². The quantitative estimate of drug-likeness (QED) is 0.881. The van der Waals surface area contributed by atoms with Crippen molar-refractivity contribution in [3.8, 4) is 10.6 Å². The van der Waals surface area contributed by atoms with Crippen LogP contribution in [0.5, 0.6) is 0 Å². The van der Waals surface area contributed by atoms with Crippen LogP contribution in [0, 0.1) is 6.92 Å². The highest BCUT2D eigenvalue weighted by atomic mass is 32.1. The van der Waals surface area contributed by atoms with Crippen LogP contribution in [0.2, 0.25) is 0 Å². The lowest BCUT2D eigenvalue weighted by Gasteiger charge is -2.10. The van der Waals surface area contributed by atoms with Crippen LogP contribution in [-0.2, 0) is 4.74 Å². The third kappa shape index (κ3) is 3.00. The van der Waals surface area contributed by atoms with Gasteiger partial charge in [0.2, 0.25) is 5.88 Å². The van der Waals surface area contributed by atoms with Crippen molar-refractivity contribution in [2.24, 2.45) is 0 Å². The fraction of sp³-hybridized carbons (Fsp3) is 0.385. The number of carbonyl (C=O) groups excluding carboxylic acids is 1. The van der Waals surface area contributed by atoms with Crippen LogP contribution in [0.3, 0.4) is 0 Å². The van der Waals surface area contributed by atoms with E-state index in [0.717, 1.165) is 9.75 Å². The molecule has 0 aliphatic rings. The van der Waals surface area contributed by atoms with Crippen molar-refractivity contribution in [1.82, 2.24) is 10.5 Å². The molecule has 0 saturated carbocycles. The standard InChI is InChI=1S/C13H17N3O3S/c1-7(18-3)6-15-13(17)10-11(16-19-12(10)14)9-5-4-8(2)20-9/h4-5,7H,6,14H2,1-3H3,(H,15,17). The maximum Gasteiger partial charge on any atom is 0.259 e. The number of amides is 1. The zero-order valence-corrected chi connectivity index (χ0v) is 12.4. The summed E-state index contributed by atoms with van der Waals surface area (Å²) in [5.41, 5.74) is 6.46. The number of nitrogens with one attached hydrogen (secondary N) is 1. The molecule has 3 N–H and O–H groups in total. The molecule has 0 bridgehead atoms. The lowest BCUT2D eigenvalue weighted by molar-refractivity contribution is 0.0871. The van der Waals surface area contributed by atoms with Crippen molar-refractivity contribution in [3.05, 3.63) is 22.6 Å². The van der Waals surface area contributed by atoms with Crippen molar-refractivity contribution in [1.29, 1.82) is 0 Å². The Hall–Kier alpha value is -1.86. The Morgan fingerprint density at radius 1 is 1.60 bits per heavy atom. The molecule has 1 unspecified atom stereocenters. The average molecular weight is 295 g/mol. The molecule has 0 aliphatic carbocycles. The van der Waals surface area contributed by atoms with Gasteiger partial charge in [0.05, 0.1) is 11.0 Å². The van der Waals surface area contributed by atoms with Gasteiger partial charge in [-0.1, -0.05) is 5.16 Å². The van der Waals surface area contributed by atoms with E-state index < -0.39 is 0 Å². The molecule has 0 saturated heterocycles. The predicted octanol–water partition coefficient (Wildman–Crippen LogP) is 2.06. The number of nitrogens with two attached hydrogens (primary N) is 1. The normalized spacial score (nSPS) is 12.3. The van der Waals surface area contributed by atoms with E-state index in [1.165, 1.54) is 11.3 Å². The number of aromatic nitrogens is 1. The summed E-state index contributed by atoms with van der Waals surface area (Å²) >= 11 is 1.53. The molecule has 0 fully saturated rings. The summed E-state index contributed by atoms with van der Waals surface area (Å²) in [6, 6.07) is 3.85. The number of thiophene rings is 1. The molecule has 20 heavy (non-hydrogen) atoms. The third-order valence-electron chi connectivity index (χ3n) is 2.87. The molecular formula is C13H17N3O3S. The molecule has 0 aliphatic heterocycles. The van der Waals surface area contributed by atoms with Gasteiger partial charge < -0.3 is 20.3 Å². The van der Waals surface area contributed by atoms with Crippen LogP contribution >= 0.6 is 11.3 Å². The van der Waals surface area contributed by atoms with Crippen molar-refractivity contribution in [2.45, 2.75) is 20.0 Å². The van der Waals surface area contributed by atoms with Crippen LogP contribution in [0.4, 0.5) is 5.88 Å². The largest absolute Gasteiger partial charge is 0.380 e. The summed E-state index contributed by atoms with van der Waals surface area (Å²) in [6.07, 6.45) is -0.0764. The lowest BCUT2D eigenvalue weighted by Crippen LogP contribution is -2.32. The van der Waals surface area contributed by atoms with Crippen LogP contribution in [0.15, 0.2) is 16.7 Å². The van der Waals surface area contributed by atoms with E-state index >= 15 is 0 Å². The summed E-state index contributed by atoms with van der Waals surface area (Å²) in [4.78, 5) is 14.2. The number of methoxy groups -OCH3 is 1. The average Bonchev–Trinajstić information content (AvgIpc) is 3.01. The summed E-state index contributed by atoms with van der Waals surface area (Å²) < 4.78 is 10.0. The Bertz CT molecular complexity index is 606. The van der Waals surface area contributed by atoms with Gasteiger partial charge in [-0.25, -0.2) is 0 Å². The van der Waals surface area contributed by atoms with E-state index in [2.05, 4.69) is 10.5 Å². The first kappa shape index (κ1) is 14.5. The number of aryl methyl sites for hydroxylation is 1. The smallest absolute Gasteiger partial charge is 0.259 e. The van der Waals surface area contributed by atoms with Gasteiger partial charge in [0.15, 0.2) is 0 Å². The molecule has 6 nitrogen and oxygen atoms in total. The Morgan fingerprint density at radius 2 is 2.35 bits per heavy atom. The van der Waals surface area contributed by atoms with Gasteiger partial charge in [-0.15, -0.1) is 11.3 Å². The van der Waals surface area contributed by atoms with E-state index in [1.807, 2.05) is 26.0 Å². The molecule has 1 atom stereocenters. The Morgan fingerprint density at radius 3 is 2.95 bits per heavy atom. The second-order valence-electron chi connectivity index (χ2n) is 4.44. The second kappa shape index (κ2) is 6.06. The minimum absolute atomic E-state index is 0.0219. The zero-order valence-electron chi connectivity index (χ0n) is 11.6. The highest BCUT2D eigenvalue weighted by Gasteiger charge is 2.23. The summed E-state index contributed by atoms with van der Waals surface area (Å²) in [5.74, 6) is -0.290. The number of rotatable bonds is 5. The molecule has 108 valence electrons. The summed E-state index contributed by atoms with van der Waals surface area (Å²) in [5, 5.41) is 6.64. The SMILES string of the molecule is COC(C)CNC(=O)c1c(-c2ccc(C)s2)noc1N. The van der Waals surface area contributed by atoms with Crippen molar-refractivity contribution < 1.29 is 14.1 Å². The maximum absolute atomic E-state index is 12.2. The highest BCUT2D eigenvalue weighted by Crippen LogP contribution is 2.32. The van der Waals surface area contributed by atoms with Crippen LogP contribution in [-0.4, -0.2) is 30.8 Å². The minimum atomic E-state index is -0.311. The number of anilines is 1. The molecule has 0 spiro atoms. The van der Waals surface area contributed by atoms with Crippen LogP contribution in [0.25, 0.3) is 10.6 Å². The van der Waals surface area contributed by atoms with Gasteiger partial charge in [0, 0.05) is 18.5 Å². The summed E-state index contributed by atoms with van der Waals surface area (Å²) in [7, 11) is 1.59. The molecule has 2 rings (SSSR count). The fourth-order valence-corrected chi connectivity index (χ4v) is 2.52. The molecule has 2 heterocycles. The molecule has 2 aromatic heterocycles. The van der Waals surface area contributed by atoms with Gasteiger partial charge in [-0.3, -0.25) is 4.79 Å². The molecule has 7 heteroatoms. The van der Waals surface area contributed by atoms with Crippen molar-refractivity contribution >= 4 is 23.1 Å². The number of carbonyl (C=O) groups is 1.